The van der Waals surface area contributed by atoms with E-state index in [0.29, 0.717) is 5.75 Å². The molecule has 4 nitrogen and oxygen atoms in total. The molecule has 0 bridgehead atoms. The van der Waals surface area contributed by atoms with Crippen molar-refractivity contribution in [3.05, 3.63) is 18.2 Å². The lowest BCUT2D eigenvalue weighted by Crippen LogP contribution is -2.34. The van der Waals surface area contributed by atoms with Crippen molar-refractivity contribution < 1.29 is 8.42 Å². The molecule has 1 saturated heterocycles. The van der Waals surface area contributed by atoms with E-state index in [1.165, 1.54) is 0 Å². The highest BCUT2D eigenvalue weighted by Crippen LogP contribution is 2.30. The van der Waals surface area contributed by atoms with Gasteiger partial charge in [-0.25, -0.2) is 13.4 Å². The van der Waals surface area contributed by atoms with Crippen molar-refractivity contribution in [3.8, 4) is 0 Å². The standard InChI is InChI=1S/C13H16N2O2S3/c1-18-13-15-11-5-4-9(7-12(11)19-13)14-10-3-2-6-20(16,17)8-10/h4-5,7,10,14H,2-3,6,8H2,1H3. The number of hydrogen-bond donors (Lipinski definition) is 1. The second-order valence-corrected chi connectivity index (χ2v) is 9.28. The Labute approximate surface area is 126 Å². The number of aromatic nitrogens is 1. The predicted molar refractivity (Wildman–Crippen MR) is 86.7 cm³/mol. The van der Waals surface area contributed by atoms with Gasteiger partial charge < -0.3 is 5.32 Å². The average molecular weight is 328 g/mol. The van der Waals surface area contributed by atoms with Gasteiger partial charge in [-0.2, -0.15) is 0 Å². The Kier molecular flexibility index (Phi) is 3.92. The van der Waals surface area contributed by atoms with Crippen LogP contribution in [0.1, 0.15) is 12.8 Å². The monoisotopic (exact) mass is 328 g/mol. The first-order chi connectivity index (χ1) is 9.55. The molecule has 1 N–H and O–H groups in total. The lowest BCUT2D eigenvalue weighted by molar-refractivity contribution is 0.562. The van der Waals surface area contributed by atoms with E-state index in [2.05, 4.69) is 16.4 Å². The molecule has 108 valence electrons. The predicted octanol–water partition coefficient (Wildman–Crippen LogP) is 3.01. The van der Waals surface area contributed by atoms with E-state index in [9.17, 15) is 8.42 Å². The van der Waals surface area contributed by atoms with Gasteiger partial charge in [0.1, 0.15) is 0 Å². The second-order valence-electron chi connectivity index (χ2n) is 4.96. The molecule has 0 radical (unpaired) electrons. The van der Waals surface area contributed by atoms with E-state index in [1.807, 2.05) is 18.4 Å². The summed E-state index contributed by atoms with van der Waals surface area (Å²) < 4.78 is 25.5. The van der Waals surface area contributed by atoms with Crippen LogP contribution in [0.2, 0.25) is 0 Å². The minimum absolute atomic E-state index is 0.0270. The zero-order valence-corrected chi connectivity index (χ0v) is 13.6. The van der Waals surface area contributed by atoms with Crippen molar-refractivity contribution in [2.75, 3.05) is 23.1 Å². The molecule has 2 aromatic rings. The third kappa shape index (κ3) is 3.10. The van der Waals surface area contributed by atoms with Gasteiger partial charge in [-0.15, -0.1) is 11.3 Å². The summed E-state index contributed by atoms with van der Waals surface area (Å²) in [6.45, 7) is 0. The third-order valence-electron chi connectivity index (χ3n) is 3.38. The van der Waals surface area contributed by atoms with E-state index in [0.717, 1.165) is 33.1 Å². The van der Waals surface area contributed by atoms with Crippen LogP contribution in [0.4, 0.5) is 5.69 Å². The second kappa shape index (κ2) is 5.54. The molecule has 1 aromatic carbocycles. The van der Waals surface area contributed by atoms with E-state index < -0.39 is 9.84 Å². The summed E-state index contributed by atoms with van der Waals surface area (Å²) in [5.41, 5.74) is 1.98. The SMILES string of the molecule is CSc1nc2ccc(NC3CCCS(=O)(=O)C3)cc2s1. The van der Waals surface area contributed by atoms with Gasteiger partial charge in [0.15, 0.2) is 14.2 Å². The number of hydrogen-bond acceptors (Lipinski definition) is 6. The number of anilines is 1. The van der Waals surface area contributed by atoms with Crippen molar-refractivity contribution in [1.29, 1.82) is 0 Å². The molecule has 1 fully saturated rings. The highest BCUT2D eigenvalue weighted by Gasteiger charge is 2.24. The highest BCUT2D eigenvalue weighted by atomic mass is 32.2. The fourth-order valence-electron chi connectivity index (χ4n) is 2.45. The lowest BCUT2D eigenvalue weighted by atomic mass is 10.1. The van der Waals surface area contributed by atoms with Crippen LogP contribution in [0.25, 0.3) is 10.2 Å². The van der Waals surface area contributed by atoms with Crippen LogP contribution >= 0.6 is 23.1 Å². The number of sulfone groups is 1. The molecule has 1 aliphatic heterocycles. The number of thiazole rings is 1. The number of benzene rings is 1. The fourth-order valence-corrected chi connectivity index (χ4v) is 5.62. The minimum atomic E-state index is -2.87. The lowest BCUT2D eigenvalue weighted by Gasteiger charge is -2.23. The smallest absolute Gasteiger partial charge is 0.152 e. The molecule has 0 amide bonds. The maximum absolute atomic E-state index is 11.7. The largest absolute Gasteiger partial charge is 0.381 e. The van der Waals surface area contributed by atoms with E-state index >= 15 is 0 Å². The summed E-state index contributed by atoms with van der Waals surface area (Å²) in [6, 6.07) is 6.06. The molecule has 3 rings (SSSR count). The van der Waals surface area contributed by atoms with Crippen LogP contribution in [0.3, 0.4) is 0 Å². The fraction of sp³-hybridized carbons (Fsp3) is 0.462. The number of nitrogens with one attached hydrogen (secondary N) is 1. The molecule has 2 heterocycles. The van der Waals surface area contributed by atoms with E-state index in [-0.39, 0.29) is 11.8 Å². The molecule has 1 atom stereocenters. The van der Waals surface area contributed by atoms with Gasteiger partial charge in [-0.05, 0) is 37.3 Å². The topological polar surface area (TPSA) is 59.1 Å². The quantitative estimate of drug-likeness (QED) is 0.878. The van der Waals surface area contributed by atoms with Gasteiger partial charge in [0.2, 0.25) is 0 Å². The van der Waals surface area contributed by atoms with Crippen LogP contribution in [0.15, 0.2) is 22.5 Å². The van der Waals surface area contributed by atoms with E-state index in [4.69, 9.17) is 0 Å². The Balaban J connectivity index is 1.80. The van der Waals surface area contributed by atoms with Crippen molar-refractivity contribution in [3.63, 3.8) is 0 Å². The van der Waals surface area contributed by atoms with Gasteiger partial charge in [-0.3, -0.25) is 0 Å². The zero-order valence-electron chi connectivity index (χ0n) is 11.1. The number of fused-ring (bicyclic) bond motifs is 1. The van der Waals surface area contributed by atoms with Gasteiger partial charge in [0.05, 0.1) is 21.7 Å². The van der Waals surface area contributed by atoms with Gasteiger partial charge in [0.25, 0.3) is 0 Å². The van der Waals surface area contributed by atoms with Crippen LogP contribution in [0, 0.1) is 0 Å². The van der Waals surface area contributed by atoms with Crippen LogP contribution < -0.4 is 5.32 Å². The zero-order chi connectivity index (χ0) is 14.2. The summed E-state index contributed by atoms with van der Waals surface area (Å²) in [4.78, 5) is 4.50. The number of nitrogens with zero attached hydrogens (tertiary/aromatic N) is 1. The molecule has 1 aromatic heterocycles. The summed E-state index contributed by atoms with van der Waals surface area (Å²) in [5, 5.41) is 3.35. The summed E-state index contributed by atoms with van der Waals surface area (Å²) in [5.74, 6) is 0.569. The normalized spacial score (nSPS) is 21.9. The van der Waals surface area contributed by atoms with Crippen LogP contribution in [0.5, 0.6) is 0 Å². The molecule has 0 saturated carbocycles. The Morgan fingerprint density at radius 3 is 3.05 bits per heavy atom. The van der Waals surface area contributed by atoms with Gasteiger partial charge >= 0.3 is 0 Å². The first kappa shape index (κ1) is 14.2. The molecular weight excluding hydrogens is 312 g/mol. The van der Waals surface area contributed by atoms with Crippen LogP contribution in [-0.2, 0) is 9.84 Å². The van der Waals surface area contributed by atoms with Gasteiger partial charge in [-0.1, -0.05) is 11.8 Å². The average Bonchev–Trinajstić information content (AvgIpc) is 2.79. The van der Waals surface area contributed by atoms with E-state index in [1.54, 1.807) is 23.1 Å². The third-order valence-corrected chi connectivity index (χ3v) is 7.20. The summed E-state index contributed by atoms with van der Waals surface area (Å²) in [6.07, 6.45) is 3.68. The maximum atomic E-state index is 11.7. The molecule has 1 unspecified atom stereocenters. The molecule has 0 aliphatic carbocycles. The molecular formula is C13H16N2O2S3. The minimum Gasteiger partial charge on any atom is -0.381 e. The number of thioether (sulfide) groups is 1. The molecule has 0 spiro atoms. The molecule has 7 heteroatoms. The van der Waals surface area contributed by atoms with Crippen molar-refractivity contribution >= 4 is 48.8 Å². The molecule has 1 aliphatic rings. The first-order valence-electron chi connectivity index (χ1n) is 6.47. The van der Waals surface area contributed by atoms with Crippen molar-refractivity contribution in [1.82, 2.24) is 4.98 Å². The highest BCUT2D eigenvalue weighted by molar-refractivity contribution is 8.00. The Hall–Kier alpha value is -0.790. The molecule has 20 heavy (non-hydrogen) atoms. The first-order valence-corrected chi connectivity index (χ1v) is 10.3. The van der Waals surface area contributed by atoms with Crippen molar-refractivity contribution in [2.45, 2.75) is 23.2 Å². The summed E-state index contributed by atoms with van der Waals surface area (Å²) in [7, 11) is -2.87. The van der Waals surface area contributed by atoms with Gasteiger partial charge in [0, 0.05) is 11.7 Å². The Bertz CT molecular complexity index is 724. The van der Waals surface area contributed by atoms with Crippen molar-refractivity contribution in [2.24, 2.45) is 0 Å². The maximum Gasteiger partial charge on any atom is 0.152 e. The Morgan fingerprint density at radius 2 is 2.30 bits per heavy atom. The summed E-state index contributed by atoms with van der Waals surface area (Å²) >= 11 is 3.31. The Morgan fingerprint density at radius 1 is 1.45 bits per heavy atom. The number of rotatable bonds is 3. The van der Waals surface area contributed by atoms with Crippen LogP contribution in [-0.4, -0.2) is 37.2 Å².